The molecular formula is C26H31N5O3S. The summed E-state index contributed by atoms with van der Waals surface area (Å²) >= 11 is 0. The first kappa shape index (κ1) is 23.7. The molecule has 5 rings (SSSR count). The zero-order valence-corrected chi connectivity index (χ0v) is 20.7. The summed E-state index contributed by atoms with van der Waals surface area (Å²) < 4.78 is 25.4. The van der Waals surface area contributed by atoms with E-state index in [0.717, 1.165) is 49.5 Å². The van der Waals surface area contributed by atoms with Crippen molar-refractivity contribution in [3.05, 3.63) is 66.2 Å². The molecular weight excluding hydrogens is 462 g/mol. The van der Waals surface area contributed by atoms with Gasteiger partial charge in [0.2, 0.25) is 5.91 Å². The molecule has 2 fully saturated rings. The van der Waals surface area contributed by atoms with E-state index in [1.54, 1.807) is 4.68 Å². The SMILES string of the molecule is Cc1ccc(-c2cc(NC(=O)CN3CCN(C4CCS(=O)(=O)C4)CC3)n(-c3ccccc3)n2)cc1. The van der Waals surface area contributed by atoms with Gasteiger partial charge in [0.15, 0.2) is 9.84 Å². The number of amides is 1. The molecule has 35 heavy (non-hydrogen) atoms. The molecule has 0 saturated carbocycles. The fourth-order valence-electron chi connectivity index (χ4n) is 4.84. The summed E-state index contributed by atoms with van der Waals surface area (Å²) in [4.78, 5) is 17.4. The van der Waals surface area contributed by atoms with Crippen molar-refractivity contribution in [1.82, 2.24) is 19.6 Å². The fraction of sp³-hybridized carbons (Fsp3) is 0.385. The molecule has 0 radical (unpaired) electrons. The lowest BCUT2D eigenvalue weighted by Crippen LogP contribution is -2.52. The van der Waals surface area contributed by atoms with Crippen LogP contribution in [-0.2, 0) is 14.6 Å². The highest BCUT2D eigenvalue weighted by atomic mass is 32.2. The van der Waals surface area contributed by atoms with Gasteiger partial charge in [-0.3, -0.25) is 14.6 Å². The second-order valence-corrected chi connectivity index (χ2v) is 11.7. The van der Waals surface area contributed by atoms with Gasteiger partial charge >= 0.3 is 0 Å². The number of aryl methyl sites for hydroxylation is 1. The minimum Gasteiger partial charge on any atom is -0.309 e. The van der Waals surface area contributed by atoms with Crippen molar-refractivity contribution >= 4 is 21.6 Å². The molecule has 1 N–H and O–H groups in total. The van der Waals surface area contributed by atoms with E-state index in [0.29, 0.717) is 11.6 Å². The fourth-order valence-corrected chi connectivity index (χ4v) is 6.60. The lowest BCUT2D eigenvalue weighted by atomic mass is 10.1. The first-order valence-corrected chi connectivity index (χ1v) is 13.9. The summed E-state index contributed by atoms with van der Waals surface area (Å²) in [6.07, 6.45) is 0.718. The lowest BCUT2D eigenvalue weighted by Gasteiger charge is -2.37. The van der Waals surface area contributed by atoms with Gasteiger partial charge < -0.3 is 5.32 Å². The quantitative estimate of drug-likeness (QED) is 0.568. The van der Waals surface area contributed by atoms with Gasteiger partial charge in [0.1, 0.15) is 5.82 Å². The smallest absolute Gasteiger partial charge is 0.239 e. The number of nitrogens with zero attached hydrogens (tertiary/aromatic N) is 4. The summed E-state index contributed by atoms with van der Waals surface area (Å²) in [5.74, 6) is 1.10. The highest BCUT2D eigenvalue weighted by Crippen LogP contribution is 2.25. The Labute approximate surface area is 206 Å². The maximum atomic E-state index is 13.0. The Hall–Kier alpha value is -3.01. The number of hydrogen-bond donors (Lipinski definition) is 1. The Kier molecular flexibility index (Phi) is 6.73. The number of benzene rings is 2. The highest BCUT2D eigenvalue weighted by molar-refractivity contribution is 7.91. The second kappa shape index (κ2) is 9.93. The minimum atomic E-state index is -2.89. The van der Waals surface area contributed by atoms with Crippen LogP contribution in [0.25, 0.3) is 16.9 Å². The van der Waals surface area contributed by atoms with E-state index < -0.39 is 9.84 Å². The number of piperazine rings is 1. The van der Waals surface area contributed by atoms with Gasteiger partial charge in [0.25, 0.3) is 0 Å². The molecule has 2 aromatic carbocycles. The number of aromatic nitrogens is 2. The molecule has 1 unspecified atom stereocenters. The molecule has 2 saturated heterocycles. The maximum absolute atomic E-state index is 13.0. The van der Waals surface area contributed by atoms with Crippen molar-refractivity contribution in [3.63, 3.8) is 0 Å². The van der Waals surface area contributed by atoms with Crippen molar-refractivity contribution < 1.29 is 13.2 Å². The molecule has 1 amide bonds. The molecule has 8 nitrogen and oxygen atoms in total. The Morgan fingerprint density at radius 2 is 1.74 bits per heavy atom. The molecule has 1 aromatic heterocycles. The van der Waals surface area contributed by atoms with Crippen molar-refractivity contribution in [2.24, 2.45) is 0 Å². The Balaban J connectivity index is 1.25. The van der Waals surface area contributed by atoms with Crippen molar-refractivity contribution in [2.75, 3.05) is 49.5 Å². The van der Waals surface area contributed by atoms with Crippen molar-refractivity contribution in [3.8, 4) is 16.9 Å². The van der Waals surface area contributed by atoms with Gasteiger partial charge in [-0.2, -0.15) is 5.10 Å². The molecule has 2 aliphatic heterocycles. The largest absolute Gasteiger partial charge is 0.309 e. The average Bonchev–Trinajstić information content (AvgIpc) is 3.43. The minimum absolute atomic E-state index is 0.0885. The molecule has 3 heterocycles. The summed E-state index contributed by atoms with van der Waals surface area (Å²) in [5, 5.41) is 7.84. The van der Waals surface area contributed by atoms with E-state index in [4.69, 9.17) is 5.10 Å². The molecule has 0 spiro atoms. The van der Waals surface area contributed by atoms with E-state index >= 15 is 0 Å². The number of hydrogen-bond acceptors (Lipinski definition) is 6. The third kappa shape index (κ3) is 5.63. The normalized spacial score (nSPS) is 20.7. The van der Waals surface area contributed by atoms with Crippen LogP contribution in [-0.4, -0.2) is 84.2 Å². The van der Waals surface area contributed by atoms with Crippen molar-refractivity contribution in [1.29, 1.82) is 0 Å². The average molecular weight is 494 g/mol. The molecule has 0 bridgehead atoms. The number of carbonyl (C=O) groups excluding carboxylic acids is 1. The van der Waals surface area contributed by atoms with Crippen LogP contribution in [0.2, 0.25) is 0 Å². The zero-order valence-electron chi connectivity index (χ0n) is 19.9. The number of para-hydroxylation sites is 1. The third-order valence-corrected chi connectivity index (χ3v) is 8.57. The molecule has 3 aromatic rings. The van der Waals surface area contributed by atoms with E-state index in [9.17, 15) is 13.2 Å². The Bertz CT molecular complexity index is 1280. The zero-order chi connectivity index (χ0) is 24.4. The monoisotopic (exact) mass is 493 g/mol. The van der Waals surface area contributed by atoms with Gasteiger partial charge in [0, 0.05) is 43.9 Å². The number of sulfone groups is 1. The Morgan fingerprint density at radius 1 is 1.03 bits per heavy atom. The van der Waals surface area contributed by atoms with E-state index in [-0.39, 0.29) is 24.2 Å². The van der Waals surface area contributed by atoms with Crippen LogP contribution in [0.15, 0.2) is 60.7 Å². The molecule has 9 heteroatoms. The van der Waals surface area contributed by atoms with Gasteiger partial charge in [-0.05, 0) is 25.5 Å². The first-order valence-electron chi connectivity index (χ1n) is 12.1. The standard InChI is InChI=1S/C26H31N5O3S/c1-20-7-9-21(10-8-20)24-17-25(31(28-24)22-5-3-2-4-6-22)27-26(32)18-29-12-14-30(15-13-29)23-11-16-35(33,34)19-23/h2-10,17,23H,11-16,18-19H2,1H3,(H,27,32). The molecule has 0 aliphatic carbocycles. The summed E-state index contributed by atoms with van der Waals surface area (Å²) in [5.41, 5.74) is 3.84. The van der Waals surface area contributed by atoms with Gasteiger partial charge in [0.05, 0.1) is 29.4 Å². The summed E-state index contributed by atoms with van der Waals surface area (Å²) in [7, 11) is -2.89. The predicted molar refractivity (Wildman–Crippen MR) is 137 cm³/mol. The number of carbonyl (C=O) groups is 1. The molecule has 184 valence electrons. The Morgan fingerprint density at radius 3 is 2.40 bits per heavy atom. The predicted octanol–water partition coefficient (Wildman–Crippen LogP) is 2.59. The summed E-state index contributed by atoms with van der Waals surface area (Å²) in [6, 6.07) is 20.0. The third-order valence-electron chi connectivity index (χ3n) is 6.82. The molecule has 1 atom stereocenters. The topological polar surface area (TPSA) is 87.5 Å². The number of anilines is 1. The van der Waals surface area contributed by atoms with Crippen molar-refractivity contribution in [2.45, 2.75) is 19.4 Å². The van der Waals surface area contributed by atoms with Crippen LogP contribution in [0.5, 0.6) is 0 Å². The van der Waals surface area contributed by atoms with Gasteiger partial charge in [-0.15, -0.1) is 0 Å². The second-order valence-electron chi connectivity index (χ2n) is 9.45. The maximum Gasteiger partial charge on any atom is 0.239 e. The number of nitrogens with one attached hydrogen (secondary N) is 1. The van der Waals surface area contributed by atoms with Gasteiger partial charge in [-0.25, -0.2) is 13.1 Å². The van der Waals surface area contributed by atoms with Crippen LogP contribution >= 0.6 is 0 Å². The highest BCUT2D eigenvalue weighted by Gasteiger charge is 2.33. The van der Waals surface area contributed by atoms with E-state index in [1.807, 2.05) is 55.5 Å². The molecule has 2 aliphatic rings. The van der Waals surface area contributed by atoms with Crippen LogP contribution in [0.3, 0.4) is 0 Å². The van der Waals surface area contributed by atoms with Gasteiger partial charge in [-0.1, -0.05) is 48.0 Å². The van der Waals surface area contributed by atoms with E-state index in [1.165, 1.54) is 5.56 Å². The number of rotatable bonds is 6. The van der Waals surface area contributed by atoms with Crippen LogP contribution < -0.4 is 5.32 Å². The van der Waals surface area contributed by atoms with E-state index in [2.05, 4.69) is 27.2 Å². The van der Waals surface area contributed by atoms with Crippen LogP contribution in [0.4, 0.5) is 5.82 Å². The van der Waals surface area contributed by atoms with Crippen LogP contribution in [0, 0.1) is 6.92 Å². The summed E-state index contributed by atoms with van der Waals surface area (Å²) in [6.45, 7) is 5.40. The van der Waals surface area contributed by atoms with Crippen LogP contribution in [0.1, 0.15) is 12.0 Å². The first-order chi connectivity index (χ1) is 16.9. The lowest BCUT2D eigenvalue weighted by molar-refractivity contribution is -0.117.